The van der Waals surface area contributed by atoms with E-state index >= 15 is 0 Å². The first-order valence-corrected chi connectivity index (χ1v) is 4.33. The Labute approximate surface area is 76.7 Å². The molecule has 1 aliphatic carbocycles. The molecule has 4 nitrogen and oxygen atoms in total. The van der Waals surface area contributed by atoms with E-state index < -0.39 is 0 Å². The fourth-order valence-electron chi connectivity index (χ4n) is 1.13. The second-order valence-electron chi connectivity index (χ2n) is 3.26. The van der Waals surface area contributed by atoms with Crippen LogP contribution in [0.4, 0.5) is 5.69 Å². The number of amidine groups is 1. The fraction of sp³-hybridized carbons (Fsp3) is 0.333. The number of anilines is 1. The van der Waals surface area contributed by atoms with Crippen LogP contribution in [0.1, 0.15) is 18.5 Å². The maximum atomic E-state index is 7.22. The average molecular weight is 176 g/mol. The van der Waals surface area contributed by atoms with Crippen LogP contribution in [0.5, 0.6) is 0 Å². The molecule has 4 heteroatoms. The molecule has 1 aromatic rings. The maximum Gasteiger partial charge on any atom is 0.141 e. The van der Waals surface area contributed by atoms with Gasteiger partial charge in [-0.15, -0.1) is 0 Å². The van der Waals surface area contributed by atoms with Gasteiger partial charge in [0.05, 0.1) is 0 Å². The van der Waals surface area contributed by atoms with E-state index in [-0.39, 0.29) is 5.84 Å². The van der Waals surface area contributed by atoms with Crippen LogP contribution in [0.2, 0.25) is 0 Å². The van der Waals surface area contributed by atoms with Gasteiger partial charge in [-0.1, -0.05) is 0 Å². The smallest absolute Gasteiger partial charge is 0.141 e. The minimum atomic E-state index is 0.0134. The molecule has 0 amide bonds. The summed E-state index contributed by atoms with van der Waals surface area (Å²) < 4.78 is 0. The van der Waals surface area contributed by atoms with Crippen molar-refractivity contribution < 1.29 is 0 Å². The molecule has 4 N–H and O–H groups in total. The third kappa shape index (κ3) is 1.96. The van der Waals surface area contributed by atoms with Crippen molar-refractivity contribution in [1.29, 1.82) is 5.41 Å². The van der Waals surface area contributed by atoms with E-state index in [1.54, 1.807) is 12.3 Å². The SMILES string of the molecule is N=C(N)c1cc(NC2CC2)ccn1. The fourth-order valence-corrected chi connectivity index (χ4v) is 1.13. The summed E-state index contributed by atoms with van der Waals surface area (Å²) in [5, 5.41) is 10.5. The van der Waals surface area contributed by atoms with Gasteiger partial charge < -0.3 is 11.1 Å². The zero-order chi connectivity index (χ0) is 9.26. The largest absolute Gasteiger partial charge is 0.382 e. The van der Waals surface area contributed by atoms with Gasteiger partial charge in [0, 0.05) is 17.9 Å². The molecule has 2 rings (SSSR count). The van der Waals surface area contributed by atoms with Crippen LogP contribution in [-0.2, 0) is 0 Å². The summed E-state index contributed by atoms with van der Waals surface area (Å²) in [6.45, 7) is 0. The summed E-state index contributed by atoms with van der Waals surface area (Å²) in [5.74, 6) is 0.0134. The van der Waals surface area contributed by atoms with Crippen molar-refractivity contribution in [3.8, 4) is 0 Å². The molecule has 13 heavy (non-hydrogen) atoms. The molecule has 1 aliphatic rings. The Morgan fingerprint density at radius 2 is 2.38 bits per heavy atom. The van der Waals surface area contributed by atoms with Crippen molar-refractivity contribution in [2.24, 2.45) is 5.73 Å². The van der Waals surface area contributed by atoms with Gasteiger partial charge >= 0.3 is 0 Å². The summed E-state index contributed by atoms with van der Waals surface area (Å²) in [5.41, 5.74) is 6.86. The highest BCUT2D eigenvalue weighted by Crippen LogP contribution is 2.24. The second-order valence-corrected chi connectivity index (χ2v) is 3.26. The Balaban J connectivity index is 2.15. The first kappa shape index (κ1) is 8.04. The van der Waals surface area contributed by atoms with Gasteiger partial charge in [-0.3, -0.25) is 10.4 Å². The molecule has 1 aromatic heterocycles. The molecule has 1 saturated carbocycles. The van der Waals surface area contributed by atoms with Crippen LogP contribution in [-0.4, -0.2) is 16.9 Å². The molecule has 0 aromatic carbocycles. The highest BCUT2D eigenvalue weighted by atomic mass is 15.0. The molecule has 1 heterocycles. The van der Waals surface area contributed by atoms with Crippen molar-refractivity contribution >= 4 is 11.5 Å². The van der Waals surface area contributed by atoms with Gasteiger partial charge in [0.1, 0.15) is 11.5 Å². The summed E-state index contributed by atoms with van der Waals surface area (Å²) >= 11 is 0. The third-order valence-electron chi connectivity index (χ3n) is 1.98. The molecule has 1 fully saturated rings. The van der Waals surface area contributed by atoms with Crippen molar-refractivity contribution in [3.63, 3.8) is 0 Å². The first-order valence-electron chi connectivity index (χ1n) is 4.33. The molecule has 0 unspecified atom stereocenters. The average Bonchev–Trinajstić information content (AvgIpc) is 2.89. The topological polar surface area (TPSA) is 74.8 Å². The summed E-state index contributed by atoms with van der Waals surface area (Å²) in [4.78, 5) is 3.98. The number of hydrogen-bond donors (Lipinski definition) is 3. The molecular formula is C9H12N4. The number of nitrogens with one attached hydrogen (secondary N) is 2. The quantitative estimate of drug-likeness (QED) is 0.474. The maximum absolute atomic E-state index is 7.22. The summed E-state index contributed by atoms with van der Waals surface area (Å²) in [6, 6.07) is 4.31. The second kappa shape index (κ2) is 3.05. The van der Waals surface area contributed by atoms with E-state index in [1.807, 2.05) is 6.07 Å². The zero-order valence-corrected chi connectivity index (χ0v) is 7.25. The van der Waals surface area contributed by atoms with Crippen molar-refractivity contribution in [2.75, 3.05) is 5.32 Å². The Morgan fingerprint density at radius 1 is 1.62 bits per heavy atom. The van der Waals surface area contributed by atoms with E-state index in [0.717, 1.165) is 5.69 Å². The van der Waals surface area contributed by atoms with Gasteiger partial charge in [0.25, 0.3) is 0 Å². The Kier molecular flexibility index (Phi) is 1.88. The lowest BCUT2D eigenvalue weighted by Crippen LogP contribution is -2.13. The van der Waals surface area contributed by atoms with Gasteiger partial charge in [-0.05, 0) is 25.0 Å². The number of pyridine rings is 1. The molecule has 0 spiro atoms. The van der Waals surface area contributed by atoms with Crippen molar-refractivity contribution in [1.82, 2.24) is 4.98 Å². The van der Waals surface area contributed by atoms with Crippen LogP contribution in [0, 0.1) is 5.41 Å². The summed E-state index contributed by atoms with van der Waals surface area (Å²) in [7, 11) is 0. The minimum absolute atomic E-state index is 0.0134. The molecule has 68 valence electrons. The number of aromatic nitrogens is 1. The first-order chi connectivity index (χ1) is 6.25. The zero-order valence-electron chi connectivity index (χ0n) is 7.25. The third-order valence-corrected chi connectivity index (χ3v) is 1.98. The number of rotatable bonds is 3. The van der Waals surface area contributed by atoms with E-state index in [4.69, 9.17) is 11.1 Å². The van der Waals surface area contributed by atoms with Crippen LogP contribution >= 0.6 is 0 Å². The van der Waals surface area contributed by atoms with Gasteiger partial charge in [-0.2, -0.15) is 0 Å². The van der Waals surface area contributed by atoms with Crippen LogP contribution in [0.25, 0.3) is 0 Å². The number of hydrogen-bond acceptors (Lipinski definition) is 3. The number of nitrogens with zero attached hydrogens (tertiary/aromatic N) is 1. The molecule has 0 saturated heterocycles. The lowest BCUT2D eigenvalue weighted by Gasteiger charge is -2.04. The highest BCUT2D eigenvalue weighted by molar-refractivity contribution is 5.93. The number of nitrogens with two attached hydrogens (primary N) is 1. The normalized spacial score (nSPS) is 15.4. The Bertz CT molecular complexity index is 330. The summed E-state index contributed by atoms with van der Waals surface area (Å²) in [6.07, 6.45) is 4.14. The van der Waals surface area contributed by atoms with Crippen LogP contribution < -0.4 is 11.1 Å². The lowest BCUT2D eigenvalue weighted by molar-refractivity contribution is 1.14. The Morgan fingerprint density at radius 3 is 3.00 bits per heavy atom. The van der Waals surface area contributed by atoms with E-state index in [9.17, 15) is 0 Å². The highest BCUT2D eigenvalue weighted by Gasteiger charge is 2.20. The van der Waals surface area contributed by atoms with E-state index in [0.29, 0.717) is 11.7 Å². The Hall–Kier alpha value is -1.58. The van der Waals surface area contributed by atoms with Gasteiger partial charge in [0.2, 0.25) is 0 Å². The van der Waals surface area contributed by atoms with Crippen LogP contribution in [0.3, 0.4) is 0 Å². The molecule has 0 aliphatic heterocycles. The number of nitrogen functional groups attached to an aromatic ring is 1. The lowest BCUT2D eigenvalue weighted by atomic mass is 10.3. The van der Waals surface area contributed by atoms with Gasteiger partial charge in [0.15, 0.2) is 0 Å². The monoisotopic (exact) mass is 176 g/mol. The predicted octanol–water partition coefficient (Wildman–Crippen LogP) is 0.940. The van der Waals surface area contributed by atoms with E-state index in [2.05, 4.69) is 10.3 Å². The predicted molar refractivity (Wildman–Crippen MR) is 51.9 cm³/mol. The van der Waals surface area contributed by atoms with Crippen molar-refractivity contribution in [2.45, 2.75) is 18.9 Å². The van der Waals surface area contributed by atoms with Gasteiger partial charge in [-0.25, -0.2) is 0 Å². The molecular weight excluding hydrogens is 164 g/mol. The van der Waals surface area contributed by atoms with Crippen LogP contribution in [0.15, 0.2) is 18.3 Å². The standard InChI is InChI=1S/C9H12N4/c10-9(11)8-5-7(3-4-12-8)13-6-1-2-6/h3-6H,1-2H2,(H3,10,11)(H,12,13). The molecule has 0 bridgehead atoms. The molecule has 0 atom stereocenters. The van der Waals surface area contributed by atoms with Crippen molar-refractivity contribution in [3.05, 3.63) is 24.0 Å². The minimum Gasteiger partial charge on any atom is -0.382 e. The van der Waals surface area contributed by atoms with E-state index in [1.165, 1.54) is 12.8 Å². The molecule has 0 radical (unpaired) electrons.